The molecule has 0 spiro atoms. The second-order valence-electron chi connectivity index (χ2n) is 6.99. The summed E-state index contributed by atoms with van der Waals surface area (Å²) in [5, 5.41) is 3.32. The Kier molecular flexibility index (Phi) is 6.29. The van der Waals surface area contributed by atoms with Gasteiger partial charge in [-0.1, -0.05) is 12.1 Å². The molecule has 0 bridgehead atoms. The molecule has 2 aromatic carbocycles. The summed E-state index contributed by atoms with van der Waals surface area (Å²) in [5.74, 6) is 0. The van der Waals surface area contributed by atoms with E-state index in [1.807, 2.05) is 24.3 Å². The second-order valence-corrected chi connectivity index (χ2v) is 8.67. The van der Waals surface area contributed by atoms with E-state index in [4.69, 9.17) is 0 Å². The Morgan fingerprint density at radius 2 is 1.63 bits per heavy atom. The Balaban J connectivity index is 0.00000210. The van der Waals surface area contributed by atoms with Crippen molar-refractivity contribution in [3.8, 4) is 0 Å². The second kappa shape index (κ2) is 8.50. The molecule has 146 valence electrons. The van der Waals surface area contributed by atoms with E-state index in [2.05, 4.69) is 21.0 Å². The highest BCUT2D eigenvalue weighted by atomic mass is 35.5. The third-order valence-corrected chi connectivity index (χ3v) is 6.65. The van der Waals surface area contributed by atoms with E-state index >= 15 is 0 Å². The first kappa shape index (κ1) is 20.0. The van der Waals surface area contributed by atoms with Crippen LogP contribution in [-0.2, 0) is 22.9 Å². The number of piperazine rings is 1. The number of sulfonamides is 1. The lowest BCUT2D eigenvalue weighted by atomic mass is 9.91. The van der Waals surface area contributed by atoms with Gasteiger partial charge in [-0.15, -0.1) is 12.4 Å². The molecule has 2 N–H and O–H groups in total. The molecule has 0 saturated carbocycles. The first-order valence-electron chi connectivity index (χ1n) is 9.33. The molecular weight excluding hydrogens is 382 g/mol. The highest BCUT2D eigenvalue weighted by molar-refractivity contribution is 7.92. The van der Waals surface area contributed by atoms with Gasteiger partial charge < -0.3 is 10.2 Å². The topological polar surface area (TPSA) is 61.4 Å². The summed E-state index contributed by atoms with van der Waals surface area (Å²) in [6, 6.07) is 13.1. The van der Waals surface area contributed by atoms with Crippen LogP contribution in [0.1, 0.15) is 24.0 Å². The molecule has 0 aromatic heterocycles. The largest absolute Gasteiger partial charge is 0.369 e. The summed E-state index contributed by atoms with van der Waals surface area (Å²) < 4.78 is 28.5. The van der Waals surface area contributed by atoms with Gasteiger partial charge in [0, 0.05) is 31.9 Å². The molecule has 2 aromatic rings. The third-order valence-electron chi connectivity index (χ3n) is 5.27. The zero-order valence-electron chi connectivity index (χ0n) is 15.3. The number of benzene rings is 2. The normalized spacial score (nSPS) is 17.0. The number of anilines is 2. The van der Waals surface area contributed by atoms with Gasteiger partial charge in [-0.05, 0) is 67.1 Å². The molecule has 0 atom stereocenters. The van der Waals surface area contributed by atoms with E-state index in [0.29, 0.717) is 4.90 Å². The van der Waals surface area contributed by atoms with E-state index < -0.39 is 10.0 Å². The predicted octanol–water partition coefficient (Wildman–Crippen LogP) is 3.20. The minimum atomic E-state index is -3.58. The SMILES string of the molecule is Cl.O=S(=O)(Nc1cccc2c1CCCC2)c1ccc(N2CCNCC2)cc1. The number of hydrogen-bond donors (Lipinski definition) is 2. The number of hydrogen-bond acceptors (Lipinski definition) is 4. The maximum absolute atomic E-state index is 12.8. The summed E-state index contributed by atoms with van der Waals surface area (Å²) in [5.41, 5.74) is 4.22. The third kappa shape index (κ3) is 4.39. The smallest absolute Gasteiger partial charge is 0.261 e. The molecule has 7 heteroatoms. The molecule has 0 unspecified atom stereocenters. The fourth-order valence-corrected chi connectivity index (χ4v) is 4.93. The van der Waals surface area contributed by atoms with Crippen LogP contribution >= 0.6 is 12.4 Å². The maximum atomic E-state index is 12.8. The fraction of sp³-hybridized carbons (Fsp3) is 0.400. The van der Waals surface area contributed by atoms with Crippen molar-refractivity contribution in [1.82, 2.24) is 5.32 Å². The van der Waals surface area contributed by atoms with Gasteiger partial charge in [-0.25, -0.2) is 8.42 Å². The van der Waals surface area contributed by atoms with Crippen molar-refractivity contribution in [1.29, 1.82) is 0 Å². The van der Waals surface area contributed by atoms with E-state index in [1.54, 1.807) is 12.1 Å². The number of rotatable bonds is 4. The average molecular weight is 408 g/mol. The molecule has 0 radical (unpaired) electrons. The van der Waals surface area contributed by atoms with Crippen molar-refractivity contribution in [3.05, 3.63) is 53.6 Å². The number of aryl methyl sites for hydroxylation is 1. The number of fused-ring (bicyclic) bond motifs is 1. The van der Waals surface area contributed by atoms with Crippen molar-refractivity contribution in [2.75, 3.05) is 35.8 Å². The van der Waals surface area contributed by atoms with Crippen molar-refractivity contribution >= 4 is 33.8 Å². The molecule has 1 aliphatic carbocycles. The van der Waals surface area contributed by atoms with Gasteiger partial charge in [-0.2, -0.15) is 0 Å². The Morgan fingerprint density at radius 3 is 2.37 bits per heavy atom. The lowest BCUT2D eigenvalue weighted by Gasteiger charge is -2.29. The summed E-state index contributed by atoms with van der Waals surface area (Å²) in [7, 11) is -3.58. The van der Waals surface area contributed by atoms with Crippen LogP contribution in [0.2, 0.25) is 0 Å². The number of halogens is 1. The monoisotopic (exact) mass is 407 g/mol. The molecule has 5 nitrogen and oxygen atoms in total. The van der Waals surface area contributed by atoms with Crippen LogP contribution in [-0.4, -0.2) is 34.6 Å². The molecule has 2 aliphatic rings. The minimum Gasteiger partial charge on any atom is -0.369 e. The van der Waals surface area contributed by atoms with Crippen LogP contribution in [0.25, 0.3) is 0 Å². The van der Waals surface area contributed by atoms with E-state index in [1.165, 1.54) is 12.0 Å². The molecule has 1 fully saturated rings. The van der Waals surface area contributed by atoms with Gasteiger partial charge in [0.1, 0.15) is 0 Å². The predicted molar refractivity (Wildman–Crippen MR) is 113 cm³/mol. The average Bonchev–Trinajstić information content (AvgIpc) is 2.69. The molecule has 27 heavy (non-hydrogen) atoms. The van der Waals surface area contributed by atoms with E-state index in [9.17, 15) is 8.42 Å². The van der Waals surface area contributed by atoms with Crippen molar-refractivity contribution in [2.45, 2.75) is 30.6 Å². The molecule has 0 amide bonds. The first-order valence-corrected chi connectivity index (χ1v) is 10.8. The molecule has 1 heterocycles. The van der Waals surface area contributed by atoms with Crippen LogP contribution in [0, 0.1) is 0 Å². The van der Waals surface area contributed by atoms with E-state index in [-0.39, 0.29) is 12.4 Å². The number of nitrogens with one attached hydrogen (secondary N) is 2. The molecule has 1 saturated heterocycles. The number of nitrogens with zero attached hydrogens (tertiary/aromatic N) is 1. The summed E-state index contributed by atoms with van der Waals surface area (Å²) in [4.78, 5) is 2.58. The van der Waals surface area contributed by atoms with Gasteiger partial charge in [0.15, 0.2) is 0 Å². The first-order chi connectivity index (χ1) is 12.6. The fourth-order valence-electron chi connectivity index (χ4n) is 3.84. The Bertz CT molecular complexity index is 879. The van der Waals surface area contributed by atoms with Gasteiger partial charge in [-0.3, -0.25) is 4.72 Å². The Morgan fingerprint density at radius 1 is 0.926 bits per heavy atom. The zero-order chi connectivity index (χ0) is 18.0. The van der Waals surface area contributed by atoms with Gasteiger partial charge in [0.2, 0.25) is 0 Å². The zero-order valence-corrected chi connectivity index (χ0v) is 16.9. The van der Waals surface area contributed by atoms with Gasteiger partial charge in [0.05, 0.1) is 10.6 Å². The summed E-state index contributed by atoms with van der Waals surface area (Å²) in [6.07, 6.45) is 4.27. The highest BCUT2D eigenvalue weighted by Crippen LogP contribution is 2.29. The maximum Gasteiger partial charge on any atom is 0.261 e. The van der Waals surface area contributed by atoms with Crippen molar-refractivity contribution < 1.29 is 8.42 Å². The Labute approximate surface area is 167 Å². The van der Waals surface area contributed by atoms with Crippen LogP contribution in [0.15, 0.2) is 47.4 Å². The summed E-state index contributed by atoms with van der Waals surface area (Å²) in [6.45, 7) is 3.81. The minimum absolute atomic E-state index is 0. The molecular formula is C20H26ClN3O2S. The van der Waals surface area contributed by atoms with Crippen LogP contribution in [0.4, 0.5) is 11.4 Å². The van der Waals surface area contributed by atoms with Gasteiger partial charge in [0.25, 0.3) is 10.0 Å². The van der Waals surface area contributed by atoms with Crippen LogP contribution in [0.3, 0.4) is 0 Å². The standard InChI is InChI=1S/C20H25N3O2S.ClH/c24-26(25,22-20-7-3-5-16-4-1-2-6-19(16)20)18-10-8-17(9-11-18)23-14-12-21-13-15-23;/h3,5,7-11,21-22H,1-2,4,6,12-15H2;1H. The highest BCUT2D eigenvalue weighted by Gasteiger charge is 2.19. The van der Waals surface area contributed by atoms with E-state index in [0.717, 1.165) is 62.4 Å². The van der Waals surface area contributed by atoms with Crippen molar-refractivity contribution in [2.24, 2.45) is 0 Å². The molecule has 4 rings (SSSR count). The van der Waals surface area contributed by atoms with Crippen molar-refractivity contribution in [3.63, 3.8) is 0 Å². The lowest BCUT2D eigenvalue weighted by Crippen LogP contribution is -2.43. The Hall–Kier alpha value is -1.76. The quantitative estimate of drug-likeness (QED) is 0.817. The van der Waals surface area contributed by atoms with Crippen LogP contribution < -0.4 is 14.9 Å². The van der Waals surface area contributed by atoms with Crippen LogP contribution in [0.5, 0.6) is 0 Å². The molecule has 1 aliphatic heterocycles. The van der Waals surface area contributed by atoms with Gasteiger partial charge >= 0.3 is 0 Å². The summed E-state index contributed by atoms with van der Waals surface area (Å²) >= 11 is 0. The lowest BCUT2D eigenvalue weighted by molar-refractivity contribution is 0.588.